The molecule has 3 rings (SSSR count). The number of anilines is 1. The molecule has 5 heteroatoms. The summed E-state index contributed by atoms with van der Waals surface area (Å²) >= 11 is 1.93. The molecule has 18 heavy (non-hydrogen) atoms. The van der Waals surface area contributed by atoms with Crippen LogP contribution in [-0.4, -0.2) is 40.0 Å². The van der Waals surface area contributed by atoms with E-state index in [1.54, 1.807) is 0 Å². The third-order valence-electron chi connectivity index (χ3n) is 3.80. The van der Waals surface area contributed by atoms with Crippen molar-refractivity contribution >= 4 is 23.4 Å². The van der Waals surface area contributed by atoms with E-state index in [0.29, 0.717) is 17.8 Å². The van der Waals surface area contributed by atoms with Crippen molar-refractivity contribution in [3.63, 3.8) is 0 Å². The van der Waals surface area contributed by atoms with Crippen LogP contribution >= 0.6 is 11.8 Å². The van der Waals surface area contributed by atoms with E-state index in [9.17, 15) is 4.79 Å². The van der Waals surface area contributed by atoms with Crippen molar-refractivity contribution in [1.29, 1.82) is 0 Å². The SMILES string of the molecule is CN(C(=O)c1cc(N)cn1C1CC1)C1CCSC1. The molecule has 1 saturated heterocycles. The van der Waals surface area contributed by atoms with Gasteiger partial charge in [-0.05, 0) is 31.1 Å². The summed E-state index contributed by atoms with van der Waals surface area (Å²) in [6.45, 7) is 0. The maximum atomic E-state index is 12.5. The second-order valence-electron chi connectivity index (χ2n) is 5.23. The van der Waals surface area contributed by atoms with Crippen molar-refractivity contribution in [3.8, 4) is 0 Å². The smallest absolute Gasteiger partial charge is 0.270 e. The minimum absolute atomic E-state index is 0.117. The Hall–Kier alpha value is -1.10. The Labute approximate surface area is 112 Å². The van der Waals surface area contributed by atoms with Gasteiger partial charge in [-0.2, -0.15) is 11.8 Å². The summed E-state index contributed by atoms with van der Waals surface area (Å²) in [6.07, 6.45) is 5.34. The van der Waals surface area contributed by atoms with E-state index in [-0.39, 0.29) is 5.91 Å². The van der Waals surface area contributed by atoms with Gasteiger partial charge in [0, 0.05) is 31.1 Å². The van der Waals surface area contributed by atoms with Gasteiger partial charge in [-0.25, -0.2) is 0 Å². The number of aromatic nitrogens is 1. The number of nitrogens with zero attached hydrogens (tertiary/aromatic N) is 2. The Kier molecular flexibility index (Phi) is 3.01. The average molecular weight is 265 g/mol. The second-order valence-corrected chi connectivity index (χ2v) is 6.38. The first-order chi connectivity index (χ1) is 8.66. The summed E-state index contributed by atoms with van der Waals surface area (Å²) < 4.78 is 2.07. The highest BCUT2D eigenvalue weighted by Crippen LogP contribution is 2.37. The first kappa shape index (κ1) is 12.0. The molecule has 2 fully saturated rings. The van der Waals surface area contributed by atoms with Crippen molar-refractivity contribution in [1.82, 2.24) is 9.47 Å². The van der Waals surface area contributed by atoms with Crippen LogP contribution in [0.4, 0.5) is 5.69 Å². The van der Waals surface area contributed by atoms with E-state index >= 15 is 0 Å². The van der Waals surface area contributed by atoms with E-state index < -0.39 is 0 Å². The number of rotatable bonds is 3. The van der Waals surface area contributed by atoms with Crippen molar-refractivity contribution in [2.24, 2.45) is 0 Å². The molecule has 1 saturated carbocycles. The molecule has 1 unspecified atom stereocenters. The normalized spacial score (nSPS) is 23.3. The number of nitrogens with two attached hydrogens (primary N) is 1. The summed E-state index contributed by atoms with van der Waals surface area (Å²) in [6, 6.07) is 2.69. The Morgan fingerprint density at radius 1 is 1.50 bits per heavy atom. The summed E-state index contributed by atoms with van der Waals surface area (Å²) in [5.41, 5.74) is 7.29. The highest BCUT2D eigenvalue weighted by atomic mass is 32.2. The highest BCUT2D eigenvalue weighted by Gasteiger charge is 2.31. The summed E-state index contributed by atoms with van der Waals surface area (Å²) in [5.74, 6) is 2.33. The Balaban J connectivity index is 1.82. The van der Waals surface area contributed by atoms with Crippen molar-refractivity contribution in [2.45, 2.75) is 31.3 Å². The maximum Gasteiger partial charge on any atom is 0.270 e. The summed E-state index contributed by atoms with van der Waals surface area (Å²) in [7, 11) is 1.92. The largest absolute Gasteiger partial charge is 0.397 e. The van der Waals surface area contributed by atoms with Gasteiger partial charge in [0.05, 0.1) is 5.69 Å². The van der Waals surface area contributed by atoms with Crippen LogP contribution in [0.15, 0.2) is 12.3 Å². The number of nitrogen functional groups attached to an aromatic ring is 1. The number of amides is 1. The van der Waals surface area contributed by atoms with Gasteiger partial charge in [-0.15, -0.1) is 0 Å². The zero-order chi connectivity index (χ0) is 12.7. The molecule has 2 N–H and O–H groups in total. The third-order valence-corrected chi connectivity index (χ3v) is 4.95. The van der Waals surface area contributed by atoms with Crippen LogP contribution in [0, 0.1) is 0 Å². The summed E-state index contributed by atoms with van der Waals surface area (Å²) in [4.78, 5) is 14.4. The Bertz CT molecular complexity index is 461. The molecule has 0 radical (unpaired) electrons. The topological polar surface area (TPSA) is 51.3 Å². The average Bonchev–Trinajstić information content (AvgIpc) is 2.91. The standard InChI is InChI=1S/C13H19N3OS/c1-15(11-4-5-18-8-11)13(17)12-6-9(14)7-16(12)10-2-3-10/h6-7,10-11H,2-5,8,14H2,1H3. The van der Waals surface area contributed by atoms with Crippen molar-refractivity contribution in [3.05, 3.63) is 18.0 Å². The molecule has 1 aromatic heterocycles. The van der Waals surface area contributed by atoms with Crippen LogP contribution in [0.1, 0.15) is 35.8 Å². The van der Waals surface area contributed by atoms with Crippen molar-refractivity contribution in [2.75, 3.05) is 24.3 Å². The third kappa shape index (κ3) is 2.11. The van der Waals surface area contributed by atoms with Gasteiger partial charge in [-0.3, -0.25) is 4.79 Å². The lowest BCUT2D eigenvalue weighted by atomic mass is 10.2. The lowest BCUT2D eigenvalue weighted by molar-refractivity contribution is 0.0736. The molecule has 1 amide bonds. The Morgan fingerprint density at radius 3 is 2.89 bits per heavy atom. The molecular formula is C13H19N3OS. The van der Waals surface area contributed by atoms with Crippen molar-refractivity contribution < 1.29 is 4.79 Å². The van der Waals surface area contributed by atoms with E-state index in [4.69, 9.17) is 5.73 Å². The van der Waals surface area contributed by atoms with Gasteiger partial charge in [0.25, 0.3) is 5.91 Å². The minimum Gasteiger partial charge on any atom is -0.397 e. The molecule has 2 heterocycles. The fourth-order valence-electron chi connectivity index (χ4n) is 2.50. The van der Waals surface area contributed by atoms with E-state index in [0.717, 1.165) is 36.5 Å². The predicted octanol–water partition coefficient (Wildman–Crippen LogP) is 1.98. The van der Waals surface area contributed by atoms with E-state index in [1.807, 2.05) is 36.0 Å². The van der Waals surface area contributed by atoms with Crippen LogP contribution < -0.4 is 5.73 Å². The maximum absolute atomic E-state index is 12.5. The van der Waals surface area contributed by atoms with Gasteiger partial charge in [0.15, 0.2) is 0 Å². The van der Waals surface area contributed by atoms with Gasteiger partial charge >= 0.3 is 0 Å². The predicted molar refractivity (Wildman–Crippen MR) is 74.9 cm³/mol. The lowest BCUT2D eigenvalue weighted by Crippen LogP contribution is -2.37. The van der Waals surface area contributed by atoms with Crippen LogP contribution in [0.3, 0.4) is 0 Å². The van der Waals surface area contributed by atoms with Crippen LogP contribution in [0.25, 0.3) is 0 Å². The molecule has 0 aromatic carbocycles. The second kappa shape index (κ2) is 4.53. The fourth-order valence-corrected chi connectivity index (χ4v) is 3.77. The zero-order valence-corrected chi connectivity index (χ0v) is 11.4. The van der Waals surface area contributed by atoms with E-state index in [2.05, 4.69) is 4.57 Å². The van der Waals surface area contributed by atoms with Gasteiger partial charge in [0.2, 0.25) is 0 Å². The quantitative estimate of drug-likeness (QED) is 0.909. The summed E-state index contributed by atoms with van der Waals surface area (Å²) in [5, 5.41) is 0. The van der Waals surface area contributed by atoms with Gasteiger partial charge in [0.1, 0.15) is 5.69 Å². The number of hydrogen-bond acceptors (Lipinski definition) is 3. The zero-order valence-electron chi connectivity index (χ0n) is 10.6. The number of carbonyl (C=O) groups is 1. The number of hydrogen-bond donors (Lipinski definition) is 1. The first-order valence-electron chi connectivity index (χ1n) is 6.49. The van der Waals surface area contributed by atoms with E-state index in [1.165, 1.54) is 0 Å². The molecule has 1 aromatic rings. The number of thioether (sulfide) groups is 1. The lowest BCUT2D eigenvalue weighted by Gasteiger charge is -2.24. The molecule has 2 aliphatic rings. The molecule has 4 nitrogen and oxygen atoms in total. The van der Waals surface area contributed by atoms with Gasteiger partial charge in [-0.1, -0.05) is 0 Å². The molecule has 0 spiro atoms. The molecule has 0 bridgehead atoms. The monoisotopic (exact) mass is 265 g/mol. The Morgan fingerprint density at radius 2 is 2.28 bits per heavy atom. The van der Waals surface area contributed by atoms with Crippen LogP contribution in [-0.2, 0) is 0 Å². The molecular weight excluding hydrogens is 246 g/mol. The minimum atomic E-state index is 0.117. The first-order valence-corrected chi connectivity index (χ1v) is 7.64. The molecule has 1 aliphatic carbocycles. The van der Waals surface area contributed by atoms with Gasteiger partial charge < -0.3 is 15.2 Å². The van der Waals surface area contributed by atoms with Crippen LogP contribution in [0.2, 0.25) is 0 Å². The highest BCUT2D eigenvalue weighted by molar-refractivity contribution is 7.99. The van der Waals surface area contributed by atoms with Crippen LogP contribution in [0.5, 0.6) is 0 Å². The molecule has 98 valence electrons. The fraction of sp³-hybridized carbons (Fsp3) is 0.615. The number of carbonyl (C=O) groups excluding carboxylic acids is 1. The molecule has 1 aliphatic heterocycles. The molecule has 1 atom stereocenters.